The number of nitrogens with one attached hydrogen (secondary N) is 2. The lowest BCUT2D eigenvalue weighted by Crippen LogP contribution is -2.42. The van der Waals surface area contributed by atoms with Crippen LogP contribution in [0.4, 0.5) is 4.39 Å². The first kappa shape index (κ1) is 14.3. The molecule has 6 heteroatoms. The molecule has 1 atom stereocenters. The maximum atomic E-state index is 13.5. The first-order valence-electron chi connectivity index (χ1n) is 6.49. The third-order valence-electron chi connectivity index (χ3n) is 3.24. The third kappa shape index (κ3) is 3.46. The molecule has 0 aliphatic carbocycles. The first-order valence-corrected chi connectivity index (χ1v) is 6.49. The van der Waals surface area contributed by atoms with Gasteiger partial charge in [0, 0.05) is 13.0 Å². The number of carbonyl (C=O) groups is 2. The van der Waals surface area contributed by atoms with E-state index in [0.717, 1.165) is 5.56 Å². The van der Waals surface area contributed by atoms with Gasteiger partial charge in [0.2, 0.25) is 11.8 Å². The Hall–Kier alpha value is -2.11. The maximum Gasteiger partial charge on any atom is 0.242 e. The number of amides is 2. The number of carbonyl (C=O) groups excluding carboxylic acids is 2. The van der Waals surface area contributed by atoms with Crippen LogP contribution >= 0.6 is 0 Å². The molecule has 108 valence electrons. The first-order chi connectivity index (χ1) is 9.60. The molecule has 0 radical (unpaired) electrons. The molecule has 1 aliphatic heterocycles. The van der Waals surface area contributed by atoms with Crippen molar-refractivity contribution < 1.29 is 18.7 Å². The van der Waals surface area contributed by atoms with Crippen LogP contribution in [0.15, 0.2) is 18.2 Å². The van der Waals surface area contributed by atoms with Crippen LogP contribution in [0.2, 0.25) is 0 Å². The molecule has 20 heavy (non-hydrogen) atoms. The molecule has 0 bridgehead atoms. The molecule has 2 N–H and O–H groups in total. The molecule has 0 saturated carbocycles. The summed E-state index contributed by atoms with van der Waals surface area (Å²) in [5, 5.41) is 5.33. The van der Waals surface area contributed by atoms with E-state index in [1.807, 2.05) is 0 Å². The minimum Gasteiger partial charge on any atom is -0.494 e. The van der Waals surface area contributed by atoms with E-state index in [9.17, 15) is 14.0 Å². The molecule has 1 aliphatic rings. The summed E-state index contributed by atoms with van der Waals surface area (Å²) in [6.07, 6.45) is 1.44. The monoisotopic (exact) mass is 280 g/mol. The summed E-state index contributed by atoms with van der Waals surface area (Å²) in [5.41, 5.74) is 0.777. The second-order valence-electron chi connectivity index (χ2n) is 4.67. The number of benzene rings is 1. The van der Waals surface area contributed by atoms with Crippen molar-refractivity contribution in [2.24, 2.45) is 0 Å². The summed E-state index contributed by atoms with van der Waals surface area (Å²) >= 11 is 0. The van der Waals surface area contributed by atoms with E-state index in [1.165, 1.54) is 13.2 Å². The Bertz CT molecular complexity index is 519. The molecule has 0 aromatic heterocycles. The van der Waals surface area contributed by atoms with Gasteiger partial charge in [-0.3, -0.25) is 9.59 Å². The van der Waals surface area contributed by atoms with Crippen LogP contribution < -0.4 is 15.4 Å². The molecule has 1 aromatic rings. The number of methoxy groups -OCH3 is 1. The molecule has 5 nitrogen and oxygen atoms in total. The largest absolute Gasteiger partial charge is 0.494 e. The zero-order chi connectivity index (χ0) is 14.5. The lowest BCUT2D eigenvalue weighted by Gasteiger charge is -2.11. The van der Waals surface area contributed by atoms with Crippen molar-refractivity contribution in [3.8, 4) is 5.75 Å². The van der Waals surface area contributed by atoms with Gasteiger partial charge in [-0.05, 0) is 30.5 Å². The number of hydrogen-bond donors (Lipinski definition) is 2. The van der Waals surface area contributed by atoms with Crippen LogP contribution in [0.1, 0.15) is 18.4 Å². The zero-order valence-electron chi connectivity index (χ0n) is 11.2. The highest BCUT2D eigenvalue weighted by atomic mass is 19.1. The van der Waals surface area contributed by atoms with Crippen molar-refractivity contribution in [1.29, 1.82) is 0 Å². The fourth-order valence-corrected chi connectivity index (χ4v) is 2.13. The van der Waals surface area contributed by atoms with E-state index in [0.29, 0.717) is 25.8 Å². The van der Waals surface area contributed by atoms with E-state index in [-0.39, 0.29) is 17.6 Å². The van der Waals surface area contributed by atoms with Crippen molar-refractivity contribution in [2.45, 2.75) is 25.3 Å². The lowest BCUT2D eigenvalue weighted by molar-refractivity contribution is -0.125. The van der Waals surface area contributed by atoms with Crippen LogP contribution in [0, 0.1) is 5.82 Å². The van der Waals surface area contributed by atoms with Gasteiger partial charge in [0.05, 0.1) is 7.11 Å². The van der Waals surface area contributed by atoms with Gasteiger partial charge in [-0.2, -0.15) is 0 Å². The number of halogens is 1. The van der Waals surface area contributed by atoms with Crippen molar-refractivity contribution in [2.75, 3.05) is 13.7 Å². The van der Waals surface area contributed by atoms with Gasteiger partial charge in [-0.25, -0.2) is 4.39 Å². The molecule has 1 unspecified atom stereocenters. The van der Waals surface area contributed by atoms with Crippen LogP contribution in [0.5, 0.6) is 5.75 Å². The van der Waals surface area contributed by atoms with Gasteiger partial charge in [0.25, 0.3) is 0 Å². The Morgan fingerprint density at radius 3 is 2.95 bits per heavy atom. The molecule has 1 aromatic carbocycles. The van der Waals surface area contributed by atoms with E-state index in [1.54, 1.807) is 12.1 Å². The second-order valence-corrected chi connectivity index (χ2v) is 4.67. The van der Waals surface area contributed by atoms with Crippen LogP contribution in [0.3, 0.4) is 0 Å². The Morgan fingerprint density at radius 1 is 1.55 bits per heavy atom. The van der Waals surface area contributed by atoms with Gasteiger partial charge in [0.1, 0.15) is 6.04 Å². The Kier molecular flexibility index (Phi) is 4.55. The molecule has 2 amide bonds. The van der Waals surface area contributed by atoms with Crippen molar-refractivity contribution in [3.63, 3.8) is 0 Å². The van der Waals surface area contributed by atoms with Crippen molar-refractivity contribution in [3.05, 3.63) is 29.6 Å². The number of ether oxygens (including phenoxy) is 1. The highest BCUT2D eigenvalue weighted by Gasteiger charge is 2.26. The Balaban J connectivity index is 1.79. The summed E-state index contributed by atoms with van der Waals surface area (Å²) in [7, 11) is 1.41. The molecular weight excluding hydrogens is 263 g/mol. The van der Waals surface area contributed by atoms with Crippen LogP contribution in [-0.4, -0.2) is 31.5 Å². The summed E-state index contributed by atoms with van der Waals surface area (Å²) in [6, 6.07) is 4.27. The van der Waals surface area contributed by atoms with Crippen molar-refractivity contribution in [1.82, 2.24) is 10.6 Å². The standard InChI is InChI=1S/C14H17FN2O3/c1-20-12-4-2-9(8-10(12)15)6-7-16-14(19)11-3-5-13(18)17-11/h2,4,8,11H,3,5-7H2,1H3,(H,16,19)(H,17,18). The Labute approximate surface area is 116 Å². The van der Waals surface area contributed by atoms with Crippen LogP contribution in [0.25, 0.3) is 0 Å². The summed E-state index contributed by atoms with van der Waals surface area (Å²) in [5.74, 6) is -0.502. The molecule has 2 rings (SSSR count). The fourth-order valence-electron chi connectivity index (χ4n) is 2.13. The predicted octanol–water partition coefficient (Wildman–Crippen LogP) is 0.772. The third-order valence-corrected chi connectivity index (χ3v) is 3.24. The molecular formula is C14H17FN2O3. The van der Waals surface area contributed by atoms with Gasteiger partial charge in [0.15, 0.2) is 11.6 Å². The maximum absolute atomic E-state index is 13.5. The second kappa shape index (κ2) is 6.36. The fraction of sp³-hybridized carbons (Fsp3) is 0.429. The quantitative estimate of drug-likeness (QED) is 0.837. The number of rotatable bonds is 5. The summed E-state index contributed by atoms with van der Waals surface area (Å²) in [6.45, 7) is 0.400. The Morgan fingerprint density at radius 2 is 2.35 bits per heavy atom. The average molecular weight is 280 g/mol. The minimum atomic E-state index is -0.435. The molecule has 1 saturated heterocycles. The number of hydrogen-bond acceptors (Lipinski definition) is 3. The SMILES string of the molecule is COc1ccc(CCNC(=O)C2CCC(=O)N2)cc1F. The van der Waals surface area contributed by atoms with E-state index in [2.05, 4.69) is 10.6 Å². The van der Waals surface area contributed by atoms with E-state index < -0.39 is 11.9 Å². The normalized spacial score (nSPS) is 17.7. The lowest BCUT2D eigenvalue weighted by atomic mass is 10.1. The highest BCUT2D eigenvalue weighted by molar-refractivity contribution is 5.90. The topological polar surface area (TPSA) is 67.4 Å². The van der Waals surface area contributed by atoms with Gasteiger partial charge in [-0.1, -0.05) is 6.07 Å². The predicted molar refractivity (Wildman–Crippen MR) is 70.8 cm³/mol. The van der Waals surface area contributed by atoms with E-state index in [4.69, 9.17) is 4.74 Å². The summed E-state index contributed by atoms with van der Waals surface area (Å²) < 4.78 is 18.3. The molecule has 1 heterocycles. The van der Waals surface area contributed by atoms with E-state index >= 15 is 0 Å². The summed E-state index contributed by atoms with van der Waals surface area (Å²) in [4.78, 5) is 22.7. The van der Waals surface area contributed by atoms with Crippen LogP contribution in [-0.2, 0) is 16.0 Å². The van der Waals surface area contributed by atoms with Gasteiger partial charge in [-0.15, -0.1) is 0 Å². The smallest absolute Gasteiger partial charge is 0.242 e. The van der Waals surface area contributed by atoms with Gasteiger partial charge < -0.3 is 15.4 Å². The highest BCUT2D eigenvalue weighted by Crippen LogP contribution is 2.17. The van der Waals surface area contributed by atoms with Gasteiger partial charge >= 0.3 is 0 Å². The average Bonchev–Trinajstić information content (AvgIpc) is 2.85. The zero-order valence-corrected chi connectivity index (χ0v) is 11.2. The van der Waals surface area contributed by atoms with Crippen molar-refractivity contribution >= 4 is 11.8 Å². The molecule has 0 spiro atoms. The molecule has 1 fully saturated rings. The minimum absolute atomic E-state index is 0.0950.